The van der Waals surface area contributed by atoms with E-state index in [1.54, 1.807) is 23.1 Å². The molecule has 3 amide bonds. The lowest BCUT2D eigenvalue weighted by Gasteiger charge is -2.15. The predicted molar refractivity (Wildman–Crippen MR) is 112 cm³/mol. The number of benzene rings is 2. The molecule has 0 bridgehead atoms. The first kappa shape index (κ1) is 19.6. The fraction of sp³-hybridized carbons (Fsp3) is 0.300. The number of rotatable bonds is 8. The molecule has 2 N–H and O–H groups in total. The summed E-state index contributed by atoms with van der Waals surface area (Å²) in [5, 5.41) is 6.46. The first-order chi connectivity index (χ1) is 13.1. The van der Waals surface area contributed by atoms with Gasteiger partial charge < -0.3 is 10.6 Å². The van der Waals surface area contributed by atoms with Crippen LogP contribution in [0.25, 0.3) is 0 Å². The van der Waals surface area contributed by atoms with Gasteiger partial charge in [-0.05, 0) is 48.1 Å². The highest BCUT2D eigenvalue weighted by Crippen LogP contribution is 2.18. The van der Waals surface area contributed by atoms with E-state index in [-0.39, 0.29) is 11.9 Å². The fourth-order valence-electron chi connectivity index (χ4n) is 2.78. The van der Waals surface area contributed by atoms with Crippen LogP contribution in [0.2, 0.25) is 5.02 Å². The van der Waals surface area contributed by atoms with Crippen molar-refractivity contribution in [2.24, 2.45) is 0 Å². The number of carbonyl (C=O) groups excluding carboxylic acids is 2. The van der Waals surface area contributed by atoms with Crippen LogP contribution < -0.4 is 15.5 Å². The van der Waals surface area contributed by atoms with Crippen LogP contribution in [0.5, 0.6) is 0 Å². The normalized spacial score (nSPS) is 13.5. The Hall–Kier alpha value is -2.18. The Balaban J connectivity index is 1.39. The number of anilines is 1. The number of nitrogens with zero attached hydrogens (tertiary/aromatic N) is 1. The highest BCUT2D eigenvalue weighted by Gasteiger charge is 2.21. The Bertz CT molecular complexity index is 798. The summed E-state index contributed by atoms with van der Waals surface area (Å²) in [5.74, 6) is 1.79. The van der Waals surface area contributed by atoms with Gasteiger partial charge in [-0.15, -0.1) is 0 Å². The summed E-state index contributed by atoms with van der Waals surface area (Å²) in [5.41, 5.74) is 2.56. The van der Waals surface area contributed by atoms with Crippen molar-refractivity contribution < 1.29 is 9.59 Å². The maximum absolute atomic E-state index is 12.3. The third-order valence-corrected chi connectivity index (χ3v) is 5.58. The number of halogens is 1. The lowest BCUT2D eigenvalue weighted by Crippen LogP contribution is -2.28. The molecule has 142 valence electrons. The molecule has 0 unspecified atom stereocenters. The Morgan fingerprint density at radius 2 is 2.04 bits per heavy atom. The average Bonchev–Trinajstić information content (AvgIpc) is 3.12. The number of carbonyl (C=O) groups is 2. The zero-order valence-electron chi connectivity index (χ0n) is 14.9. The monoisotopic (exact) mass is 403 g/mol. The van der Waals surface area contributed by atoms with Crippen LogP contribution in [0, 0.1) is 0 Å². The molecule has 3 rings (SSSR count). The van der Waals surface area contributed by atoms with Gasteiger partial charge in [0.2, 0.25) is 0 Å². The maximum Gasteiger partial charge on any atom is 0.321 e. The Morgan fingerprint density at radius 1 is 1.22 bits per heavy atom. The van der Waals surface area contributed by atoms with Gasteiger partial charge in [0.25, 0.3) is 5.91 Å². The van der Waals surface area contributed by atoms with E-state index >= 15 is 0 Å². The van der Waals surface area contributed by atoms with E-state index < -0.39 is 0 Å². The zero-order chi connectivity index (χ0) is 19.1. The smallest absolute Gasteiger partial charge is 0.321 e. The van der Waals surface area contributed by atoms with Crippen molar-refractivity contribution in [2.45, 2.75) is 12.2 Å². The molecule has 7 heteroatoms. The van der Waals surface area contributed by atoms with E-state index in [4.69, 9.17) is 11.6 Å². The van der Waals surface area contributed by atoms with E-state index in [1.807, 2.05) is 42.1 Å². The van der Waals surface area contributed by atoms with Crippen molar-refractivity contribution in [1.29, 1.82) is 0 Å². The minimum absolute atomic E-state index is 0.112. The minimum atomic E-state index is -0.120. The number of thioether (sulfide) groups is 1. The highest BCUT2D eigenvalue weighted by atomic mass is 35.5. The lowest BCUT2D eigenvalue weighted by atomic mass is 10.1. The Morgan fingerprint density at radius 3 is 2.78 bits per heavy atom. The van der Waals surface area contributed by atoms with E-state index in [0.29, 0.717) is 25.2 Å². The first-order valence-corrected chi connectivity index (χ1v) is 10.4. The molecule has 1 saturated heterocycles. The molecular weight excluding hydrogens is 382 g/mol. The standard InChI is InChI=1S/C20H22ClN3O2S/c21-17-7-5-15(6-8-17)14-27-12-2-9-22-19(25)16-3-1-4-18(13-16)24-11-10-23-20(24)26/h1,3-8,13H,2,9-12,14H2,(H,22,25)(H,23,26). The molecule has 1 aliphatic rings. The van der Waals surface area contributed by atoms with Crippen LogP contribution in [0.3, 0.4) is 0 Å². The van der Waals surface area contributed by atoms with Crippen LogP contribution in [0.4, 0.5) is 10.5 Å². The molecule has 27 heavy (non-hydrogen) atoms. The summed E-state index contributed by atoms with van der Waals surface area (Å²) in [7, 11) is 0. The van der Waals surface area contributed by atoms with Crippen molar-refractivity contribution in [3.8, 4) is 0 Å². The van der Waals surface area contributed by atoms with Crippen LogP contribution in [0.15, 0.2) is 48.5 Å². The molecule has 5 nitrogen and oxygen atoms in total. The lowest BCUT2D eigenvalue weighted by molar-refractivity contribution is 0.0953. The minimum Gasteiger partial charge on any atom is -0.352 e. The second-order valence-corrected chi connectivity index (χ2v) is 7.76. The molecule has 0 aromatic heterocycles. The molecule has 0 spiro atoms. The molecule has 1 heterocycles. The van der Waals surface area contributed by atoms with E-state index in [9.17, 15) is 9.59 Å². The van der Waals surface area contributed by atoms with Crippen molar-refractivity contribution in [1.82, 2.24) is 10.6 Å². The number of hydrogen-bond donors (Lipinski definition) is 2. The predicted octanol–water partition coefficient (Wildman–Crippen LogP) is 3.92. The van der Waals surface area contributed by atoms with Crippen molar-refractivity contribution in [2.75, 3.05) is 30.3 Å². The summed E-state index contributed by atoms with van der Waals surface area (Å²) in [6.45, 7) is 1.87. The van der Waals surface area contributed by atoms with Gasteiger partial charge in [0.05, 0.1) is 0 Å². The highest BCUT2D eigenvalue weighted by molar-refractivity contribution is 7.98. The van der Waals surface area contributed by atoms with Gasteiger partial charge in [0, 0.05) is 41.7 Å². The molecule has 1 aliphatic heterocycles. The van der Waals surface area contributed by atoms with Gasteiger partial charge in [-0.3, -0.25) is 9.69 Å². The molecule has 0 radical (unpaired) electrons. The van der Waals surface area contributed by atoms with Crippen LogP contribution in [0.1, 0.15) is 22.3 Å². The quantitative estimate of drug-likeness (QED) is 0.656. The summed E-state index contributed by atoms with van der Waals surface area (Å²) in [4.78, 5) is 25.7. The van der Waals surface area contributed by atoms with Gasteiger partial charge >= 0.3 is 6.03 Å². The molecule has 0 saturated carbocycles. The van der Waals surface area contributed by atoms with E-state index in [2.05, 4.69) is 10.6 Å². The van der Waals surface area contributed by atoms with Gasteiger partial charge in [0.15, 0.2) is 0 Å². The molecule has 0 atom stereocenters. The topological polar surface area (TPSA) is 61.4 Å². The van der Waals surface area contributed by atoms with Crippen LogP contribution >= 0.6 is 23.4 Å². The number of nitrogens with one attached hydrogen (secondary N) is 2. The third-order valence-electron chi connectivity index (χ3n) is 4.21. The fourth-order valence-corrected chi connectivity index (χ4v) is 3.83. The second-order valence-electron chi connectivity index (χ2n) is 6.22. The first-order valence-electron chi connectivity index (χ1n) is 8.89. The van der Waals surface area contributed by atoms with Gasteiger partial charge in [-0.1, -0.05) is 29.8 Å². The maximum atomic E-state index is 12.3. The third kappa shape index (κ3) is 5.65. The SMILES string of the molecule is O=C(NCCCSCc1ccc(Cl)cc1)c1cccc(N2CCNC2=O)c1. The Kier molecular flexibility index (Phi) is 7.01. The van der Waals surface area contributed by atoms with E-state index in [1.165, 1.54) is 5.56 Å². The number of urea groups is 1. The number of amides is 3. The number of hydrogen-bond acceptors (Lipinski definition) is 3. The Labute approximate surface area is 168 Å². The average molecular weight is 404 g/mol. The van der Waals surface area contributed by atoms with Crippen LogP contribution in [-0.2, 0) is 5.75 Å². The molecule has 2 aromatic carbocycles. The van der Waals surface area contributed by atoms with Gasteiger partial charge in [-0.2, -0.15) is 11.8 Å². The summed E-state index contributed by atoms with van der Waals surface area (Å²) in [6, 6.07) is 14.9. The summed E-state index contributed by atoms with van der Waals surface area (Å²) in [6.07, 6.45) is 0.901. The zero-order valence-corrected chi connectivity index (χ0v) is 16.5. The molecule has 2 aromatic rings. The molecular formula is C20H22ClN3O2S. The van der Waals surface area contributed by atoms with Crippen molar-refractivity contribution in [3.63, 3.8) is 0 Å². The molecule has 0 aliphatic carbocycles. The van der Waals surface area contributed by atoms with Gasteiger partial charge in [0.1, 0.15) is 0 Å². The summed E-state index contributed by atoms with van der Waals surface area (Å²) < 4.78 is 0. The largest absolute Gasteiger partial charge is 0.352 e. The van der Waals surface area contributed by atoms with E-state index in [0.717, 1.165) is 28.6 Å². The molecule has 1 fully saturated rings. The second kappa shape index (κ2) is 9.67. The van der Waals surface area contributed by atoms with Crippen LogP contribution in [-0.4, -0.2) is 37.3 Å². The van der Waals surface area contributed by atoms with Gasteiger partial charge in [-0.25, -0.2) is 4.79 Å². The van der Waals surface area contributed by atoms with Crippen molar-refractivity contribution in [3.05, 3.63) is 64.7 Å². The summed E-state index contributed by atoms with van der Waals surface area (Å²) >= 11 is 7.71. The van der Waals surface area contributed by atoms with Crippen molar-refractivity contribution >= 4 is 41.0 Å².